The molecule has 0 radical (unpaired) electrons. The number of aryl methyl sites for hydroxylation is 1. The van der Waals surface area contributed by atoms with Crippen LogP contribution in [0.25, 0.3) is 10.9 Å². The molecular weight excluding hydrogens is 181 g/mol. The van der Waals surface area contributed by atoms with Gasteiger partial charge in [-0.3, -0.25) is 4.98 Å². The summed E-state index contributed by atoms with van der Waals surface area (Å²) < 4.78 is 13.3. The van der Waals surface area contributed by atoms with Crippen molar-refractivity contribution in [3.63, 3.8) is 0 Å². The minimum Gasteiger partial charge on any atom is -0.392 e. The fourth-order valence-electron chi connectivity index (χ4n) is 1.56. The van der Waals surface area contributed by atoms with Crippen molar-refractivity contribution in [2.24, 2.45) is 0 Å². The molecule has 2 aromatic rings. The fraction of sp³-hybridized carbons (Fsp3) is 0.182. The van der Waals surface area contributed by atoms with Crippen LogP contribution in [0.4, 0.5) is 4.39 Å². The first-order chi connectivity index (χ1) is 6.72. The van der Waals surface area contributed by atoms with Crippen molar-refractivity contribution in [3.05, 3.63) is 41.3 Å². The lowest BCUT2D eigenvalue weighted by molar-refractivity contribution is 0.283. The highest BCUT2D eigenvalue weighted by atomic mass is 19.1. The number of para-hydroxylation sites is 1. The van der Waals surface area contributed by atoms with E-state index in [1.807, 2.05) is 0 Å². The molecule has 2 nitrogen and oxygen atoms in total. The van der Waals surface area contributed by atoms with Crippen LogP contribution in [0.1, 0.15) is 11.3 Å². The second kappa shape index (κ2) is 3.35. The van der Waals surface area contributed by atoms with Gasteiger partial charge >= 0.3 is 0 Å². The summed E-state index contributed by atoms with van der Waals surface area (Å²) in [5.41, 5.74) is 1.76. The van der Waals surface area contributed by atoms with E-state index in [-0.39, 0.29) is 12.4 Å². The summed E-state index contributed by atoms with van der Waals surface area (Å²) in [4.78, 5) is 4.10. The first-order valence-electron chi connectivity index (χ1n) is 4.38. The van der Waals surface area contributed by atoms with E-state index < -0.39 is 0 Å². The number of rotatable bonds is 1. The van der Waals surface area contributed by atoms with E-state index >= 15 is 0 Å². The minimum atomic E-state index is -0.346. The number of fused-ring (bicyclic) bond motifs is 1. The molecule has 0 saturated carbocycles. The van der Waals surface area contributed by atoms with Crippen LogP contribution in [0.15, 0.2) is 24.3 Å². The lowest BCUT2D eigenvalue weighted by Gasteiger charge is -2.05. The Labute approximate surface area is 81.0 Å². The van der Waals surface area contributed by atoms with Crippen LogP contribution in [0.2, 0.25) is 0 Å². The molecule has 14 heavy (non-hydrogen) atoms. The number of hydrogen-bond acceptors (Lipinski definition) is 2. The number of aliphatic hydroxyl groups excluding tert-OH is 1. The molecule has 0 fully saturated rings. The molecule has 0 aliphatic rings. The number of nitrogens with zero attached hydrogens (tertiary/aromatic N) is 1. The Hall–Kier alpha value is -1.48. The van der Waals surface area contributed by atoms with E-state index in [1.54, 1.807) is 25.1 Å². The predicted octanol–water partition coefficient (Wildman–Crippen LogP) is 2.17. The number of halogens is 1. The third kappa shape index (κ3) is 1.36. The average Bonchev–Trinajstić information content (AvgIpc) is 2.18. The summed E-state index contributed by atoms with van der Waals surface area (Å²) in [6.45, 7) is 1.69. The van der Waals surface area contributed by atoms with Crippen LogP contribution in [-0.2, 0) is 6.61 Å². The summed E-state index contributed by atoms with van der Waals surface area (Å²) in [5, 5.41) is 9.78. The second-order valence-electron chi connectivity index (χ2n) is 3.22. The first-order valence-corrected chi connectivity index (χ1v) is 4.38. The van der Waals surface area contributed by atoms with E-state index in [0.29, 0.717) is 22.2 Å². The van der Waals surface area contributed by atoms with Crippen molar-refractivity contribution < 1.29 is 9.50 Å². The summed E-state index contributed by atoms with van der Waals surface area (Å²) >= 11 is 0. The molecule has 0 aliphatic carbocycles. The van der Waals surface area contributed by atoms with Crippen LogP contribution in [0.5, 0.6) is 0 Å². The summed E-state index contributed by atoms with van der Waals surface area (Å²) in [6.07, 6.45) is 0. The first kappa shape index (κ1) is 9.09. The molecule has 1 aromatic heterocycles. The standard InChI is InChI=1S/C11H10FNO/c1-7-5-8(6-14)9-3-2-4-10(12)11(9)13-7/h2-5,14H,6H2,1H3. The maximum Gasteiger partial charge on any atom is 0.149 e. The molecule has 0 atom stereocenters. The molecule has 0 aliphatic heterocycles. The highest BCUT2D eigenvalue weighted by Gasteiger charge is 2.06. The zero-order valence-electron chi connectivity index (χ0n) is 7.79. The van der Waals surface area contributed by atoms with E-state index in [4.69, 9.17) is 5.11 Å². The average molecular weight is 191 g/mol. The number of aliphatic hydroxyl groups is 1. The Morgan fingerprint density at radius 1 is 1.43 bits per heavy atom. The highest BCUT2D eigenvalue weighted by Crippen LogP contribution is 2.20. The van der Waals surface area contributed by atoms with Crippen LogP contribution in [0, 0.1) is 12.7 Å². The Bertz CT molecular complexity index is 482. The molecule has 72 valence electrons. The summed E-state index contributed by atoms with van der Waals surface area (Å²) in [6, 6.07) is 6.52. The van der Waals surface area contributed by atoms with Gasteiger partial charge in [0.05, 0.1) is 6.61 Å². The molecule has 0 amide bonds. The zero-order chi connectivity index (χ0) is 10.1. The number of hydrogen-bond donors (Lipinski definition) is 1. The van der Waals surface area contributed by atoms with Gasteiger partial charge in [0.1, 0.15) is 11.3 Å². The molecule has 1 aromatic carbocycles. The molecule has 0 saturated heterocycles. The monoisotopic (exact) mass is 191 g/mol. The van der Waals surface area contributed by atoms with E-state index in [9.17, 15) is 4.39 Å². The van der Waals surface area contributed by atoms with E-state index in [2.05, 4.69) is 4.98 Å². The summed E-state index contributed by atoms with van der Waals surface area (Å²) in [7, 11) is 0. The van der Waals surface area contributed by atoms with Gasteiger partial charge in [0, 0.05) is 11.1 Å². The largest absolute Gasteiger partial charge is 0.392 e. The number of pyridine rings is 1. The Morgan fingerprint density at radius 3 is 2.93 bits per heavy atom. The number of aromatic nitrogens is 1. The highest BCUT2D eigenvalue weighted by molar-refractivity contribution is 5.82. The van der Waals surface area contributed by atoms with Crippen molar-refractivity contribution in [2.45, 2.75) is 13.5 Å². The topological polar surface area (TPSA) is 33.1 Å². The van der Waals surface area contributed by atoms with Gasteiger partial charge in [0.2, 0.25) is 0 Å². The van der Waals surface area contributed by atoms with Gasteiger partial charge in [0.15, 0.2) is 0 Å². The lowest BCUT2D eigenvalue weighted by atomic mass is 10.1. The Balaban J connectivity index is 2.87. The molecule has 1 N–H and O–H groups in total. The SMILES string of the molecule is Cc1cc(CO)c2cccc(F)c2n1. The molecular formula is C11H10FNO. The van der Waals surface area contributed by atoms with Crippen molar-refractivity contribution >= 4 is 10.9 Å². The molecule has 0 unspecified atom stereocenters. The molecule has 0 spiro atoms. The van der Waals surface area contributed by atoms with Crippen molar-refractivity contribution in [1.29, 1.82) is 0 Å². The third-order valence-electron chi connectivity index (χ3n) is 2.17. The smallest absolute Gasteiger partial charge is 0.149 e. The number of benzene rings is 1. The van der Waals surface area contributed by atoms with Gasteiger partial charge in [-0.05, 0) is 24.6 Å². The molecule has 1 heterocycles. The second-order valence-corrected chi connectivity index (χ2v) is 3.22. The van der Waals surface area contributed by atoms with E-state index in [0.717, 1.165) is 0 Å². The lowest BCUT2D eigenvalue weighted by Crippen LogP contribution is -1.93. The van der Waals surface area contributed by atoms with Gasteiger partial charge in [-0.2, -0.15) is 0 Å². The Kier molecular flexibility index (Phi) is 2.17. The molecule has 3 heteroatoms. The van der Waals surface area contributed by atoms with Crippen LogP contribution < -0.4 is 0 Å². The van der Waals surface area contributed by atoms with Crippen LogP contribution in [0.3, 0.4) is 0 Å². The quantitative estimate of drug-likeness (QED) is 0.749. The molecule has 2 rings (SSSR count). The normalized spacial score (nSPS) is 10.8. The van der Waals surface area contributed by atoms with E-state index in [1.165, 1.54) is 6.07 Å². The minimum absolute atomic E-state index is 0.0939. The van der Waals surface area contributed by atoms with Crippen molar-refractivity contribution in [3.8, 4) is 0 Å². The zero-order valence-corrected chi connectivity index (χ0v) is 7.79. The van der Waals surface area contributed by atoms with Gasteiger partial charge in [-0.25, -0.2) is 4.39 Å². The summed E-state index contributed by atoms with van der Waals surface area (Å²) in [5.74, 6) is -0.346. The predicted molar refractivity (Wildman–Crippen MR) is 52.4 cm³/mol. The maximum atomic E-state index is 13.3. The van der Waals surface area contributed by atoms with Crippen LogP contribution in [-0.4, -0.2) is 10.1 Å². The third-order valence-corrected chi connectivity index (χ3v) is 2.17. The van der Waals surface area contributed by atoms with Gasteiger partial charge < -0.3 is 5.11 Å². The van der Waals surface area contributed by atoms with Crippen LogP contribution >= 0.6 is 0 Å². The fourth-order valence-corrected chi connectivity index (χ4v) is 1.56. The maximum absolute atomic E-state index is 13.3. The van der Waals surface area contributed by atoms with Crippen molar-refractivity contribution in [2.75, 3.05) is 0 Å². The van der Waals surface area contributed by atoms with Gasteiger partial charge in [-0.1, -0.05) is 12.1 Å². The van der Waals surface area contributed by atoms with Gasteiger partial charge in [0.25, 0.3) is 0 Å². The Morgan fingerprint density at radius 2 is 2.21 bits per heavy atom. The van der Waals surface area contributed by atoms with Gasteiger partial charge in [-0.15, -0.1) is 0 Å². The molecule has 0 bridgehead atoms. The van der Waals surface area contributed by atoms with Crippen molar-refractivity contribution in [1.82, 2.24) is 4.98 Å².